The van der Waals surface area contributed by atoms with Crippen molar-refractivity contribution in [3.63, 3.8) is 0 Å². The second-order valence-corrected chi connectivity index (χ2v) is 5.16. The molecule has 0 saturated heterocycles. The van der Waals surface area contributed by atoms with Crippen molar-refractivity contribution in [1.29, 1.82) is 0 Å². The average Bonchev–Trinajstić information content (AvgIpc) is 2.37. The van der Waals surface area contributed by atoms with Crippen LogP contribution in [0.25, 0.3) is 0 Å². The molecule has 0 aliphatic heterocycles. The van der Waals surface area contributed by atoms with Crippen molar-refractivity contribution in [2.45, 2.75) is 26.4 Å². The third kappa shape index (κ3) is 3.49. The highest BCUT2D eigenvalue weighted by atomic mass is 35.5. The maximum Gasteiger partial charge on any atom is 0.120 e. The number of halogens is 1. The molecule has 2 nitrogen and oxygen atoms in total. The van der Waals surface area contributed by atoms with Crippen molar-refractivity contribution < 1.29 is 5.11 Å². The molecule has 2 N–H and O–H groups in total. The summed E-state index contributed by atoms with van der Waals surface area (Å²) in [5, 5.41) is 14.1. The molecule has 0 amide bonds. The van der Waals surface area contributed by atoms with Crippen LogP contribution in [0.5, 0.6) is 5.75 Å². The Morgan fingerprint density at radius 2 is 1.95 bits per heavy atom. The Bertz CT molecular complexity index is 568. The van der Waals surface area contributed by atoms with Gasteiger partial charge >= 0.3 is 0 Å². The molecule has 0 aliphatic rings. The molecular formula is C16H18ClNO. The van der Waals surface area contributed by atoms with Gasteiger partial charge in [-0.3, -0.25) is 0 Å². The van der Waals surface area contributed by atoms with E-state index in [2.05, 4.69) is 5.32 Å². The average molecular weight is 276 g/mol. The van der Waals surface area contributed by atoms with Gasteiger partial charge in [0.25, 0.3) is 0 Å². The van der Waals surface area contributed by atoms with Crippen molar-refractivity contribution in [3.05, 3.63) is 64.2 Å². The van der Waals surface area contributed by atoms with E-state index in [-0.39, 0.29) is 6.04 Å². The number of hydrogen-bond acceptors (Lipinski definition) is 2. The minimum absolute atomic E-state index is 0.0665. The largest absolute Gasteiger partial charge is 0.508 e. The topological polar surface area (TPSA) is 32.3 Å². The van der Waals surface area contributed by atoms with Gasteiger partial charge in [0.15, 0.2) is 0 Å². The van der Waals surface area contributed by atoms with Crippen molar-refractivity contribution in [2.75, 3.05) is 0 Å². The maximum absolute atomic E-state index is 9.95. The first-order valence-corrected chi connectivity index (χ1v) is 6.72. The van der Waals surface area contributed by atoms with Gasteiger partial charge in [0, 0.05) is 23.2 Å². The summed E-state index contributed by atoms with van der Waals surface area (Å²) >= 11 is 6.12. The minimum atomic E-state index is 0.0665. The molecule has 0 aromatic heterocycles. The summed E-state index contributed by atoms with van der Waals surface area (Å²) in [5.74, 6) is 0.333. The number of benzene rings is 2. The van der Waals surface area contributed by atoms with Gasteiger partial charge in [0.05, 0.1) is 0 Å². The van der Waals surface area contributed by atoms with Crippen LogP contribution in [0.2, 0.25) is 5.02 Å². The van der Waals surface area contributed by atoms with Crippen molar-refractivity contribution in [3.8, 4) is 5.75 Å². The molecule has 1 atom stereocenters. The molecule has 2 aromatic carbocycles. The van der Waals surface area contributed by atoms with Crippen LogP contribution in [0.1, 0.15) is 29.7 Å². The molecule has 0 spiro atoms. The van der Waals surface area contributed by atoms with E-state index in [9.17, 15) is 5.11 Å². The molecule has 0 heterocycles. The zero-order valence-corrected chi connectivity index (χ0v) is 11.9. The van der Waals surface area contributed by atoms with Crippen LogP contribution >= 0.6 is 11.6 Å². The van der Waals surface area contributed by atoms with E-state index in [4.69, 9.17) is 11.6 Å². The summed E-state index contributed by atoms with van der Waals surface area (Å²) in [6.45, 7) is 4.67. The normalized spacial score (nSPS) is 12.4. The van der Waals surface area contributed by atoms with E-state index in [0.717, 1.165) is 21.7 Å². The van der Waals surface area contributed by atoms with Crippen LogP contribution in [-0.2, 0) is 6.54 Å². The molecule has 0 aliphatic carbocycles. The van der Waals surface area contributed by atoms with Gasteiger partial charge in [-0.15, -0.1) is 0 Å². The molecule has 2 rings (SSSR count). The number of phenols is 1. The summed E-state index contributed by atoms with van der Waals surface area (Å²) < 4.78 is 0. The van der Waals surface area contributed by atoms with Gasteiger partial charge in [-0.05, 0) is 37.1 Å². The first-order chi connectivity index (χ1) is 9.08. The second-order valence-electron chi connectivity index (χ2n) is 4.76. The van der Waals surface area contributed by atoms with Gasteiger partial charge in [-0.25, -0.2) is 0 Å². The lowest BCUT2D eigenvalue weighted by atomic mass is 10.0. The van der Waals surface area contributed by atoms with E-state index in [1.807, 2.05) is 50.2 Å². The Morgan fingerprint density at radius 3 is 2.63 bits per heavy atom. The second kappa shape index (κ2) is 6.09. The number of aryl methyl sites for hydroxylation is 1. The molecule has 2 aromatic rings. The number of phenolic OH excluding ortho intramolecular Hbond substituents is 1. The van der Waals surface area contributed by atoms with Gasteiger partial charge in [-0.1, -0.05) is 41.9 Å². The molecular weight excluding hydrogens is 258 g/mol. The Morgan fingerprint density at radius 1 is 1.21 bits per heavy atom. The van der Waals surface area contributed by atoms with Crippen LogP contribution in [0, 0.1) is 6.92 Å². The Balaban J connectivity index is 2.05. The van der Waals surface area contributed by atoms with Crippen molar-refractivity contribution in [2.24, 2.45) is 0 Å². The zero-order valence-electron chi connectivity index (χ0n) is 11.2. The predicted octanol–water partition coefficient (Wildman–Crippen LogP) is 4.20. The molecule has 100 valence electrons. The monoisotopic (exact) mass is 275 g/mol. The van der Waals surface area contributed by atoms with Crippen molar-refractivity contribution in [1.82, 2.24) is 5.32 Å². The Labute approximate surface area is 119 Å². The standard InChI is InChI=1S/C16H18ClNO/c1-11-7-8-14(16(19)9-11)12(2)18-10-13-5-3-4-6-15(13)17/h3-9,12,18-19H,10H2,1-2H3. The van der Waals surface area contributed by atoms with E-state index >= 15 is 0 Å². The fraction of sp³-hybridized carbons (Fsp3) is 0.250. The quantitative estimate of drug-likeness (QED) is 0.876. The highest BCUT2D eigenvalue weighted by Gasteiger charge is 2.10. The molecule has 1 unspecified atom stereocenters. The van der Waals surface area contributed by atoms with Crippen LogP contribution in [0.3, 0.4) is 0 Å². The summed E-state index contributed by atoms with van der Waals surface area (Å²) in [4.78, 5) is 0. The highest BCUT2D eigenvalue weighted by Crippen LogP contribution is 2.25. The number of rotatable bonds is 4. The van der Waals surface area contributed by atoms with Crippen molar-refractivity contribution >= 4 is 11.6 Å². The predicted molar refractivity (Wildman–Crippen MR) is 79.6 cm³/mol. The van der Waals surface area contributed by atoms with E-state index < -0.39 is 0 Å². The van der Waals surface area contributed by atoms with Gasteiger partial charge in [0.2, 0.25) is 0 Å². The number of nitrogens with one attached hydrogen (secondary N) is 1. The van der Waals surface area contributed by atoms with E-state index in [1.54, 1.807) is 6.07 Å². The van der Waals surface area contributed by atoms with E-state index in [1.165, 1.54) is 0 Å². The molecule has 3 heteroatoms. The lowest BCUT2D eigenvalue weighted by molar-refractivity contribution is 0.452. The first-order valence-electron chi connectivity index (χ1n) is 6.34. The third-order valence-corrected chi connectivity index (χ3v) is 3.58. The lowest BCUT2D eigenvalue weighted by Gasteiger charge is -2.16. The van der Waals surface area contributed by atoms with Crippen LogP contribution in [0.15, 0.2) is 42.5 Å². The summed E-state index contributed by atoms with van der Waals surface area (Å²) in [7, 11) is 0. The summed E-state index contributed by atoms with van der Waals surface area (Å²) in [6, 6.07) is 13.6. The summed E-state index contributed by atoms with van der Waals surface area (Å²) in [5.41, 5.74) is 3.01. The SMILES string of the molecule is Cc1ccc(C(C)NCc2ccccc2Cl)c(O)c1. The Kier molecular flexibility index (Phi) is 4.46. The molecule has 0 saturated carbocycles. The molecule has 0 radical (unpaired) electrons. The lowest BCUT2D eigenvalue weighted by Crippen LogP contribution is -2.18. The number of hydrogen-bond donors (Lipinski definition) is 2. The van der Waals surface area contributed by atoms with Gasteiger partial charge in [-0.2, -0.15) is 0 Å². The Hall–Kier alpha value is -1.51. The van der Waals surface area contributed by atoms with Gasteiger partial charge in [0.1, 0.15) is 5.75 Å². The maximum atomic E-state index is 9.95. The van der Waals surface area contributed by atoms with Crippen LogP contribution in [0.4, 0.5) is 0 Å². The fourth-order valence-corrected chi connectivity index (χ4v) is 2.24. The molecule has 0 fully saturated rings. The third-order valence-electron chi connectivity index (χ3n) is 3.21. The fourth-order valence-electron chi connectivity index (χ4n) is 2.03. The van der Waals surface area contributed by atoms with Crippen LogP contribution < -0.4 is 5.32 Å². The minimum Gasteiger partial charge on any atom is -0.508 e. The molecule has 0 bridgehead atoms. The first kappa shape index (κ1) is 13.9. The molecule has 19 heavy (non-hydrogen) atoms. The summed E-state index contributed by atoms with van der Waals surface area (Å²) in [6.07, 6.45) is 0. The van der Waals surface area contributed by atoms with Gasteiger partial charge < -0.3 is 10.4 Å². The van der Waals surface area contributed by atoms with Crippen LogP contribution in [-0.4, -0.2) is 5.11 Å². The number of aromatic hydroxyl groups is 1. The smallest absolute Gasteiger partial charge is 0.120 e. The highest BCUT2D eigenvalue weighted by molar-refractivity contribution is 6.31. The zero-order chi connectivity index (χ0) is 13.8. The van der Waals surface area contributed by atoms with E-state index in [0.29, 0.717) is 12.3 Å².